The van der Waals surface area contributed by atoms with Crippen LogP contribution < -0.4 is 10.2 Å². The van der Waals surface area contributed by atoms with Crippen LogP contribution in [-0.4, -0.2) is 55.4 Å². The predicted molar refractivity (Wildman–Crippen MR) is 80.7 cm³/mol. The zero-order chi connectivity index (χ0) is 14.4. The Hall–Kier alpha value is -1.46. The Balaban J connectivity index is 1.71. The molecule has 1 saturated heterocycles. The second kappa shape index (κ2) is 7.36. The van der Waals surface area contributed by atoms with Crippen LogP contribution in [0.1, 0.15) is 6.42 Å². The first-order valence-electron chi connectivity index (χ1n) is 6.85. The highest BCUT2D eigenvalue weighted by Gasteiger charge is 2.16. The second-order valence-electron chi connectivity index (χ2n) is 4.89. The molecule has 2 N–H and O–H groups in total. The Morgan fingerprint density at radius 3 is 2.70 bits per heavy atom. The summed E-state index contributed by atoms with van der Waals surface area (Å²) in [7, 11) is 0. The SMILES string of the molecule is O=C(O)NCCCN1CCN(c2cccc(Cl)c2)CC1. The molecule has 1 aromatic rings. The van der Waals surface area contributed by atoms with Crippen LogP contribution in [0.3, 0.4) is 0 Å². The highest BCUT2D eigenvalue weighted by Crippen LogP contribution is 2.20. The minimum absolute atomic E-state index is 0.518. The lowest BCUT2D eigenvalue weighted by molar-refractivity contribution is 0.192. The van der Waals surface area contributed by atoms with Gasteiger partial charge in [0.2, 0.25) is 0 Å². The van der Waals surface area contributed by atoms with Crippen molar-refractivity contribution in [1.29, 1.82) is 0 Å². The first-order valence-corrected chi connectivity index (χ1v) is 7.22. The van der Waals surface area contributed by atoms with E-state index in [1.165, 1.54) is 5.69 Å². The lowest BCUT2D eigenvalue weighted by atomic mass is 10.2. The van der Waals surface area contributed by atoms with Gasteiger partial charge in [0.05, 0.1) is 0 Å². The Kier molecular flexibility index (Phi) is 5.49. The van der Waals surface area contributed by atoms with Gasteiger partial charge in [-0.3, -0.25) is 4.90 Å². The largest absolute Gasteiger partial charge is 0.465 e. The number of piperazine rings is 1. The molecule has 0 bridgehead atoms. The third-order valence-electron chi connectivity index (χ3n) is 3.47. The molecule has 0 radical (unpaired) electrons. The fourth-order valence-corrected chi connectivity index (χ4v) is 2.59. The summed E-state index contributed by atoms with van der Waals surface area (Å²) in [4.78, 5) is 15.0. The Morgan fingerprint density at radius 1 is 1.30 bits per heavy atom. The van der Waals surface area contributed by atoms with E-state index in [1.807, 2.05) is 18.2 Å². The van der Waals surface area contributed by atoms with Gasteiger partial charge in [0.1, 0.15) is 0 Å². The number of nitrogens with one attached hydrogen (secondary N) is 1. The van der Waals surface area contributed by atoms with E-state index < -0.39 is 6.09 Å². The molecule has 1 aromatic carbocycles. The smallest absolute Gasteiger partial charge is 0.404 e. The average molecular weight is 298 g/mol. The highest BCUT2D eigenvalue weighted by atomic mass is 35.5. The number of benzene rings is 1. The average Bonchev–Trinajstić information content (AvgIpc) is 2.44. The van der Waals surface area contributed by atoms with Gasteiger partial charge in [-0.25, -0.2) is 4.79 Å². The van der Waals surface area contributed by atoms with E-state index in [-0.39, 0.29) is 0 Å². The molecular formula is C14H20ClN3O2. The summed E-state index contributed by atoms with van der Waals surface area (Å²) in [6.45, 7) is 5.41. The van der Waals surface area contributed by atoms with Crippen molar-refractivity contribution in [2.45, 2.75) is 6.42 Å². The van der Waals surface area contributed by atoms with Crippen LogP contribution >= 0.6 is 11.6 Å². The molecule has 1 heterocycles. The Bertz CT molecular complexity index is 448. The molecule has 0 aromatic heterocycles. The first kappa shape index (κ1) is 14.9. The van der Waals surface area contributed by atoms with Crippen molar-refractivity contribution in [2.24, 2.45) is 0 Å². The van der Waals surface area contributed by atoms with E-state index >= 15 is 0 Å². The van der Waals surface area contributed by atoms with Gasteiger partial charge in [0.25, 0.3) is 0 Å². The van der Waals surface area contributed by atoms with Crippen LogP contribution in [0, 0.1) is 0 Å². The Morgan fingerprint density at radius 2 is 2.05 bits per heavy atom. The summed E-state index contributed by atoms with van der Waals surface area (Å²) in [6, 6.07) is 7.94. The van der Waals surface area contributed by atoms with Crippen LogP contribution in [0.25, 0.3) is 0 Å². The topological polar surface area (TPSA) is 55.8 Å². The maximum Gasteiger partial charge on any atom is 0.404 e. The molecule has 20 heavy (non-hydrogen) atoms. The quantitative estimate of drug-likeness (QED) is 0.818. The number of rotatable bonds is 5. The number of nitrogens with zero attached hydrogens (tertiary/aromatic N) is 2. The van der Waals surface area contributed by atoms with Gasteiger partial charge < -0.3 is 15.3 Å². The van der Waals surface area contributed by atoms with Crippen molar-refractivity contribution < 1.29 is 9.90 Å². The van der Waals surface area contributed by atoms with Gasteiger partial charge in [-0.1, -0.05) is 17.7 Å². The van der Waals surface area contributed by atoms with Crippen molar-refractivity contribution in [1.82, 2.24) is 10.2 Å². The van der Waals surface area contributed by atoms with Crippen molar-refractivity contribution in [3.63, 3.8) is 0 Å². The van der Waals surface area contributed by atoms with E-state index in [0.29, 0.717) is 6.54 Å². The maximum absolute atomic E-state index is 10.3. The van der Waals surface area contributed by atoms with Crippen LogP contribution in [0.5, 0.6) is 0 Å². The van der Waals surface area contributed by atoms with Crippen molar-refractivity contribution in [3.05, 3.63) is 29.3 Å². The number of hydrogen-bond donors (Lipinski definition) is 2. The number of carboxylic acid groups (broad SMARTS) is 1. The fraction of sp³-hybridized carbons (Fsp3) is 0.500. The lowest BCUT2D eigenvalue weighted by Crippen LogP contribution is -2.47. The van der Waals surface area contributed by atoms with E-state index in [1.54, 1.807) is 0 Å². The molecule has 1 amide bonds. The molecule has 0 atom stereocenters. The van der Waals surface area contributed by atoms with Crippen molar-refractivity contribution in [3.8, 4) is 0 Å². The van der Waals surface area contributed by atoms with Crippen LogP contribution in [-0.2, 0) is 0 Å². The number of halogens is 1. The third kappa shape index (κ3) is 4.58. The van der Waals surface area contributed by atoms with Gasteiger partial charge in [-0.15, -0.1) is 0 Å². The van der Waals surface area contributed by atoms with Gasteiger partial charge >= 0.3 is 6.09 Å². The van der Waals surface area contributed by atoms with E-state index in [2.05, 4.69) is 21.2 Å². The number of hydrogen-bond acceptors (Lipinski definition) is 3. The normalized spacial score (nSPS) is 16.1. The van der Waals surface area contributed by atoms with Gasteiger partial charge in [-0.05, 0) is 31.2 Å². The van der Waals surface area contributed by atoms with Gasteiger partial charge in [-0.2, -0.15) is 0 Å². The summed E-state index contributed by atoms with van der Waals surface area (Å²) in [5, 5.41) is 11.7. The minimum Gasteiger partial charge on any atom is -0.465 e. The van der Waals surface area contributed by atoms with Crippen LogP contribution in [0.2, 0.25) is 5.02 Å². The molecule has 110 valence electrons. The first-order chi connectivity index (χ1) is 9.65. The van der Waals surface area contributed by atoms with Gasteiger partial charge in [0.15, 0.2) is 0 Å². The summed E-state index contributed by atoms with van der Waals surface area (Å²) < 4.78 is 0. The van der Waals surface area contributed by atoms with Crippen LogP contribution in [0.4, 0.5) is 10.5 Å². The van der Waals surface area contributed by atoms with Crippen molar-refractivity contribution in [2.75, 3.05) is 44.2 Å². The molecule has 1 fully saturated rings. The number of carbonyl (C=O) groups is 1. The predicted octanol–water partition coefficient (Wildman–Crippen LogP) is 2.12. The maximum atomic E-state index is 10.3. The molecule has 2 rings (SSSR count). The zero-order valence-corrected chi connectivity index (χ0v) is 12.1. The van der Waals surface area contributed by atoms with E-state index in [9.17, 15) is 4.79 Å². The van der Waals surface area contributed by atoms with E-state index in [4.69, 9.17) is 16.7 Å². The molecule has 0 unspecified atom stereocenters. The summed E-state index contributed by atoms with van der Waals surface area (Å²) >= 11 is 6.01. The molecule has 5 nitrogen and oxygen atoms in total. The minimum atomic E-state index is -0.948. The summed E-state index contributed by atoms with van der Waals surface area (Å²) in [5.74, 6) is 0. The number of amides is 1. The number of anilines is 1. The van der Waals surface area contributed by atoms with E-state index in [0.717, 1.165) is 44.2 Å². The molecule has 6 heteroatoms. The van der Waals surface area contributed by atoms with Crippen molar-refractivity contribution >= 4 is 23.4 Å². The van der Waals surface area contributed by atoms with Crippen LogP contribution in [0.15, 0.2) is 24.3 Å². The molecular weight excluding hydrogens is 278 g/mol. The lowest BCUT2D eigenvalue weighted by Gasteiger charge is -2.36. The Labute approximate surface area is 124 Å². The second-order valence-corrected chi connectivity index (χ2v) is 5.33. The molecule has 1 aliphatic rings. The standard InChI is InChI=1S/C14H20ClN3O2/c15-12-3-1-4-13(11-12)18-9-7-17(8-10-18)6-2-5-16-14(19)20/h1,3-4,11,16H,2,5-10H2,(H,19,20). The molecule has 1 aliphatic heterocycles. The van der Waals surface area contributed by atoms with Gasteiger partial charge in [0, 0.05) is 43.4 Å². The summed E-state index contributed by atoms with van der Waals surface area (Å²) in [6.07, 6.45) is -0.0977. The molecule has 0 aliphatic carbocycles. The zero-order valence-electron chi connectivity index (χ0n) is 11.4. The highest BCUT2D eigenvalue weighted by molar-refractivity contribution is 6.30. The third-order valence-corrected chi connectivity index (χ3v) is 3.71. The summed E-state index contributed by atoms with van der Waals surface area (Å²) in [5.41, 5.74) is 1.17. The molecule has 0 saturated carbocycles. The monoisotopic (exact) mass is 297 g/mol. The molecule has 0 spiro atoms. The fourth-order valence-electron chi connectivity index (χ4n) is 2.40.